The van der Waals surface area contributed by atoms with Crippen molar-refractivity contribution in [2.24, 2.45) is 7.05 Å². The molecule has 0 unspecified atom stereocenters. The molecular formula is C22H29N5. The van der Waals surface area contributed by atoms with Crippen LogP contribution in [0.2, 0.25) is 0 Å². The van der Waals surface area contributed by atoms with Gasteiger partial charge in [0, 0.05) is 43.1 Å². The minimum atomic E-state index is 0.585. The fraction of sp³-hybridized carbons (Fsp3) is 0.455. The standard InChI is InChI=1S/C22H29N5/c1-6-27-15(2)11-19-12-18(7-8-21(19)27)22-13-23-14-26(22)10-9-20-16(3)24-25(5)17(20)4/h7-8,12-15H,6,9-11H2,1-5H3/t15-/m0/s1. The van der Waals surface area contributed by atoms with Gasteiger partial charge in [-0.05, 0) is 63.8 Å². The lowest BCUT2D eigenvalue weighted by Gasteiger charge is -2.22. The van der Waals surface area contributed by atoms with Crippen LogP contribution in [0, 0.1) is 13.8 Å². The van der Waals surface area contributed by atoms with Crippen LogP contribution >= 0.6 is 0 Å². The van der Waals surface area contributed by atoms with Gasteiger partial charge in [-0.15, -0.1) is 0 Å². The van der Waals surface area contributed by atoms with Gasteiger partial charge in [-0.25, -0.2) is 4.98 Å². The molecule has 5 heteroatoms. The summed E-state index contributed by atoms with van der Waals surface area (Å²) >= 11 is 0. The number of hydrogen-bond acceptors (Lipinski definition) is 3. The van der Waals surface area contributed by atoms with E-state index in [1.807, 2.05) is 24.3 Å². The molecule has 0 bridgehead atoms. The Morgan fingerprint density at radius 3 is 2.74 bits per heavy atom. The molecule has 2 aromatic heterocycles. The van der Waals surface area contributed by atoms with Crippen LogP contribution in [0.5, 0.6) is 0 Å². The molecule has 27 heavy (non-hydrogen) atoms. The average molecular weight is 364 g/mol. The molecule has 0 radical (unpaired) electrons. The van der Waals surface area contributed by atoms with Crippen molar-refractivity contribution >= 4 is 5.69 Å². The van der Waals surface area contributed by atoms with Crippen molar-refractivity contribution in [1.29, 1.82) is 0 Å². The summed E-state index contributed by atoms with van der Waals surface area (Å²) in [6, 6.07) is 7.47. The summed E-state index contributed by atoms with van der Waals surface area (Å²) in [5.74, 6) is 0. The van der Waals surface area contributed by atoms with Crippen LogP contribution < -0.4 is 4.90 Å². The van der Waals surface area contributed by atoms with Crippen LogP contribution in [-0.4, -0.2) is 31.9 Å². The Labute approximate surface area is 161 Å². The van der Waals surface area contributed by atoms with Crippen molar-refractivity contribution in [2.45, 2.75) is 53.1 Å². The van der Waals surface area contributed by atoms with Crippen LogP contribution in [0.1, 0.15) is 36.4 Å². The highest BCUT2D eigenvalue weighted by Gasteiger charge is 2.25. The van der Waals surface area contributed by atoms with Crippen LogP contribution in [0.4, 0.5) is 5.69 Å². The second-order valence-corrected chi connectivity index (χ2v) is 7.68. The molecule has 0 amide bonds. The highest BCUT2D eigenvalue weighted by molar-refractivity contribution is 5.69. The molecule has 0 N–H and O–H groups in total. The van der Waals surface area contributed by atoms with E-state index >= 15 is 0 Å². The second-order valence-electron chi connectivity index (χ2n) is 7.68. The summed E-state index contributed by atoms with van der Waals surface area (Å²) in [5, 5.41) is 4.54. The molecule has 3 aromatic rings. The van der Waals surface area contributed by atoms with Crippen molar-refractivity contribution in [3.63, 3.8) is 0 Å². The molecule has 1 aliphatic heterocycles. The van der Waals surface area contributed by atoms with Crippen molar-refractivity contribution in [3.05, 3.63) is 53.2 Å². The Balaban J connectivity index is 1.59. The molecule has 0 fully saturated rings. The van der Waals surface area contributed by atoms with Gasteiger partial charge in [-0.2, -0.15) is 5.10 Å². The number of aryl methyl sites for hydroxylation is 3. The maximum atomic E-state index is 4.54. The van der Waals surface area contributed by atoms with E-state index in [4.69, 9.17) is 0 Å². The molecule has 3 heterocycles. The summed E-state index contributed by atoms with van der Waals surface area (Å²) in [6.07, 6.45) is 6.03. The third kappa shape index (κ3) is 3.05. The fourth-order valence-electron chi connectivity index (χ4n) is 4.49. The molecule has 0 saturated carbocycles. The minimum Gasteiger partial charge on any atom is -0.369 e. The topological polar surface area (TPSA) is 38.9 Å². The maximum absolute atomic E-state index is 4.54. The normalized spacial score (nSPS) is 16.2. The molecule has 1 aromatic carbocycles. The van der Waals surface area contributed by atoms with Gasteiger partial charge in [0.2, 0.25) is 0 Å². The summed E-state index contributed by atoms with van der Waals surface area (Å²) < 4.78 is 4.24. The largest absolute Gasteiger partial charge is 0.369 e. The van der Waals surface area contributed by atoms with Gasteiger partial charge in [0.25, 0.3) is 0 Å². The van der Waals surface area contributed by atoms with Crippen LogP contribution in [-0.2, 0) is 26.4 Å². The predicted octanol–water partition coefficient (Wildman–Crippen LogP) is 3.91. The Bertz CT molecular complexity index is 965. The van der Waals surface area contributed by atoms with Gasteiger partial charge in [0.05, 0.1) is 23.9 Å². The summed E-state index contributed by atoms with van der Waals surface area (Å²) in [7, 11) is 2.01. The number of fused-ring (bicyclic) bond motifs is 1. The van der Waals surface area contributed by atoms with E-state index in [0.29, 0.717) is 6.04 Å². The molecule has 142 valence electrons. The molecule has 1 atom stereocenters. The number of rotatable bonds is 5. The van der Waals surface area contributed by atoms with E-state index in [2.05, 4.69) is 65.4 Å². The quantitative estimate of drug-likeness (QED) is 0.690. The van der Waals surface area contributed by atoms with Gasteiger partial charge in [-0.1, -0.05) is 6.07 Å². The van der Waals surface area contributed by atoms with E-state index in [0.717, 1.165) is 31.6 Å². The lowest BCUT2D eigenvalue weighted by Crippen LogP contribution is -2.28. The van der Waals surface area contributed by atoms with Gasteiger partial charge in [-0.3, -0.25) is 4.68 Å². The monoisotopic (exact) mass is 363 g/mol. The molecule has 4 rings (SSSR count). The number of anilines is 1. The first-order chi connectivity index (χ1) is 13.0. The Morgan fingerprint density at radius 2 is 2.04 bits per heavy atom. The molecule has 1 aliphatic rings. The van der Waals surface area contributed by atoms with E-state index in [-0.39, 0.29) is 0 Å². The number of benzene rings is 1. The average Bonchev–Trinajstić information content (AvgIpc) is 3.29. The smallest absolute Gasteiger partial charge is 0.0951 e. The fourth-order valence-corrected chi connectivity index (χ4v) is 4.49. The highest BCUT2D eigenvalue weighted by Crippen LogP contribution is 2.35. The van der Waals surface area contributed by atoms with Crippen LogP contribution in [0.3, 0.4) is 0 Å². The Kier molecular flexibility index (Phi) is 4.54. The highest BCUT2D eigenvalue weighted by atomic mass is 15.3. The van der Waals surface area contributed by atoms with E-state index in [9.17, 15) is 0 Å². The SMILES string of the molecule is CCN1c2ccc(-c3cncn3CCc3c(C)nn(C)c3C)cc2C[C@@H]1C. The molecule has 0 aliphatic carbocycles. The van der Waals surface area contributed by atoms with E-state index in [1.165, 1.54) is 33.8 Å². The van der Waals surface area contributed by atoms with Gasteiger partial charge in [0.1, 0.15) is 0 Å². The predicted molar refractivity (Wildman–Crippen MR) is 110 cm³/mol. The van der Waals surface area contributed by atoms with Crippen molar-refractivity contribution in [3.8, 4) is 11.3 Å². The maximum Gasteiger partial charge on any atom is 0.0951 e. The lowest BCUT2D eigenvalue weighted by atomic mass is 10.0. The first-order valence-corrected chi connectivity index (χ1v) is 9.88. The molecule has 0 saturated heterocycles. The minimum absolute atomic E-state index is 0.585. The number of likely N-dealkylation sites (N-methyl/N-ethyl adjacent to an activating group) is 1. The third-order valence-corrected chi connectivity index (χ3v) is 6.05. The Hall–Kier alpha value is -2.56. The number of hydrogen-bond donors (Lipinski definition) is 0. The first-order valence-electron chi connectivity index (χ1n) is 9.88. The lowest BCUT2D eigenvalue weighted by molar-refractivity contribution is 0.690. The number of aromatic nitrogens is 4. The van der Waals surface area contributed by atoms with Crippen molar-refractivity contribution < 1.29 is 0 Å². The van der Waals surface area contributed by atoms with Crippen molar-refractivity contribution in [2.75, 3.05) is 11.4 Å². The first kappa shape index (κ1) is 17.8. The molecule has 5 nitrogen and oxygen atoms in total. The summed E-state index contributed by atoms with van der Waals surface area (Å²) in [5.41, 5.74) is 9.02. The zero-order chi connectivity index (χ0) is 19.1. The van der Waals surface area contributed by atoms with Gasteiger partial charge < -0.3 is 9.47 Å². The number of nitrogens with zero attached hydrogens (tertiary/aromatic N) is 5. The van der Waals surface area contributed by atoms with E-state index < -0.39 is 0 Å². The third-order valence-electron chi connectivity index (χ3n) is 6.05. The van der Waals surface area contributed by atoms with Crippen molar-refractivity contribution in [1.82, 2.24) is 19.3 Å². The second kappa shape index (κ2) is 6.87. The summed E-state index contributed by atoms with van der Waals surface area (Å²) in [4.78, 5) is 6.92. The van der Waals surface area contributed by atoms with Crippen LogP contribution in [0.25, 0.3) is 11.3 Å². The van der Waals surface area contributed by atoms with Crippen LogP contribution in [0.15, 0.2) is 30.7 Å². The zero-order valence-electron chi connectivity index (χ0n) is 17.0. The van der Waals surface area contributed by atoms with E-state index in [1.54, 1.807) is 0 Å². The number of imidazole rings is 1. The summed E-state index contributed by atoms with van der Waals surface area (Å²) in [6.45, 7) is 10.8. The zero-order valence-corrected chi connectivity index (χ0v) is 17.0. The Morgan fingerprint density at radius 1 is 1.22 bits per heavy atom. The van der Waals surface area contributed by atoms with Gasteiger partial charge in [0.15, 0.2) is 0 Å². The van der Waals surface area contributed by atoms with Gasteiger partial charge >= 0.3 is 0 Å². The molecular weight excluding hydrogens is 334 g/mol. The molecule has 0 spiro atoms.